The number of pyridine rings is 1. The van der Waals surface area contributed by atoms with Crippen molar-refractivity contribution < 1.29 is 4.79 Å². The lowest BCUT2D eigenvalue weighted by Crippen LogP contribution is -2.59. The Morgan fingerprint density at radius 3 is 2.82 bits per heavy atom. The van der Waals surface area contributed by atoms with Crippen molar-refractivity contribution >= 4 is 5.91 Å². The van der Waals surface area contributed by atoms with E-state index in [4.69, 9.17) is 0 Å². The molecule has 5 nitrogen and oxygen atoms in total. The van der Waals surface area contributed by atoms with E-state index in [2.05, 4.69) is 15.6 Å². The number of rotatable bonds is 2. The van der Waals surface area contributed by atoms with Crippen LogP contribution in [0.1, 0.15) is 60.1 Å². The molecule has 3 aliphatic rings. The maximum Gasteiger partial charge on any atom is 0.252 e. The third-order valence-electron chi connectivity index (χ3n) is 5.72. The number of hydrogen-bond acceptors (Lipinski definition) is 3. The summed E-state index contributed by atoms with van der Waals surface area (Å²) in [5, 5.41) is 6.78. The van der Waals surface area contributed by atoms with Gasteiger partial charge in [0.1, 0.15) is 0 Å². The van der Waals surface area contributed by atoms with Gasteiger partial charge in [-0.05, 0) is 63.5 Å². The summed E-state index contributed by atoms with van der Waals surface area (Å²) < 4.78 is 0. The predicted octanol–water partition coefficient (Wildman–Crippen LogP) is 1.27. The van der Waals surface area contributed by atoms with Gasteiger partial charge in [0.05, 0.1) is 0 Å². The van der Waals surface area contributed by atoms with Crippen molar-refractivity contribution in [3.8, 4) is 0 Å². The van der Waals surface area contributed by atoms with Crippen molar-refractivity contribution in [2.75, 3.05) is 6.54 Å². The van der Waals surface area contributed by atoms with Gasteiger partial charge in [0.25, 0.3) is 5.91 Å². The van der Waals surface area contributed by atoms with Crippen LogP contribution in [-0.4, -0.2) is 29.0 Å². The maximum absolute atomic E-state index is 12.8. The molecule has 1 amide bonds. The Balaban J connectivity index is 1.60. The van der Waals surface area contributed by atoms with Crippen molar-refractivity contribution in [3.05, 3.63) is 33.2 Å². The van der Waals surface area contributed by atoms with E-state index in [1.165, 1.54) is 12.5 Å². The average molecular weight is 301 g/mol. The van der Waals surface area contributed by atoms with Crippen LogP contribution in [0.5, 0.6) is 0 Å². The van der Waals surface area contributed by atoms with Crippen LogP contribution in [0, 0.1) is 0 Å². The molecule has 118 valence electrons. The molecule has 2 fully saturated rings. The second-order valence-electron chi connectivity index (χ2n) is 6.96. The van der Waals surface area contributed by atoms with Crippen molar-refractivity contribution in [1.82, 2.24) is 15.6 Å². The topological polar surface area (TPSA) is 74.0 Å². The number of aromatic amines is 1. The smallest absolute Gasteiger partial charge is 0.252 e. The molecule has 0 radical (unpaired) electrons. The summed E-state index contributed by atoms with van der Waals surface area (Å²) in [6.07, 6.45) is 8.45. The second-order valence-corrected chi connectivity index (χ2v) is 6.96. The molecule has 1 spiro atoms. The van der Waals surface area contributed by atoms with E-state index < -0.39 is 0 Å². The Hall–Kier alpha value is -1.62. The summed E-state index contributed by atoms with van der Waals surface area (Å²) in [5.74, 6) is -0.0655. The molecule has 4 rings (SSSR count). The molecule has 0 bridgehead atoms. The van der Waals surface area contributed by atoms with E-state index in [1.54, 1.807) is 0 Å². The molecule has 1 atom stereocenters. The van der Waals surface area contributed by atoms with Crippen LogP contribution in [0.4, 0.5) is 0 Å². The number of amides is 1. The highest BCUT2D eigenvalue weighted by atomic mass is 16.2. The van der Waals surface area contributed by atoms with Gasteiger partial charge in [-0.25, -0.2) is 0 Å². The Kier molecular flexibility index (Phi) is 3.33. The zero-order valence-corrected chi connectivity index (χ0v) is 12.8. The van der Waals surface area contributed by atoms with Crippen LogP contribution in [0.25, 0.3) is 0 Å². The minimum atomic E-state index is -0.159. The van der Waals surface area contributed by atoms with Gasteiger partial charge in [-0.15, -0.1) is 0 Å². The predicted molar refractivity (Wildman–Crippen MR) is 84.2 cm³/mol. The monoisotopic (exact) mass is 301 g/mol. The minimum absolute atomic E-state index is 0.0655. The third-order valence-corrected chi connectivity index (χ3v) is 5.72. The van der Waals surface area contributed by atoms with Crippen LogP contribution < -0.4 is 16.2 Å². The largest absolute Gasteiger partial charge is 0.347 e. The Bertz CT molecular complexity index is 660. The highest BCUT2D eigenvalue weighted by Crippen LogP contribution is 2.39. The lowest BCUT2D eigenvalue weighted by Gasteiger charge is -2.43. The Labute approximate surface area is 129 Å². The second kappa shape index (κ2) is 5.23. The first kappa shape index (κ1) is 14.0. The van der Waals surface area contributed by atoms with E-state index >= 15 is 0 Å². The minimum Gasteiger partial charge on any atom is -0.347 e. The number of fused-ring (bicyclic) bond motifs is 1. The quantitative estimate of drug-likeness (QED) is 0.770. The van der Waals surface area contributed by atoms with E-state index in [1.807, 2.05) is 0 Å². The van der Waals surface area contributed by atoms with Crippen molar-refractivity contribution in [3.63, 3.8) is 0 Å². The molecule has 1 aliphatic heterocycles. The lowest BCUT2D eigenvalue weighted by molar-refractivity contribution is 0.0880. The van der Waals surface area contributed by atoms with E-state index in [9.17, 15) is 9.59 Å². The first-order chi connectivity index (χ1) is 10.7. The first-order valence-corrected chi connectivity index (χ1v) is 8.49. The van der Waals surface area contributed by atoms with Crippen LogP contribution in [-0.2, 0) is 12.8 Å². The fourth-order valence-electron chi connectivity index (χ4n) is 4.34. The summed E-state index contributed by atoms with van der Waals surface area (Å²) in [4.78, 5) is 27.5. The standard InChI is InChI=1S/C17H23N3O2/c21-15-10-12(11-4-1-2-5-13(11)19-15)16(22)20-14-6-9-18-17(14)7-3-8-17/h10,14,18H,1-9H2,(H,19,21)(H,20,22). The molecular weight excluding hydrogens is 278 g/mol. The van der Waals surface area contributed by atoms with Crippen LogP contribution in [0.15, 0.2) is 10.9 Å². The van der Waals surface area contributed by atoms with Gasteiger partial charge in [0.2, 0.25) is 5.56 Å². The number of carbonyl (C=O) groups is 1. The van der Waals surface area contributed by atoms with Gasteiger partial charge >= 0.3 is 0 Å². The zero-order chi connectivity index (χ0) is 15.2. The van der Waals surface area contributed by atoms with Crippen LogP contribution in [0.2, 0.25) is 0 Å². The molecule has 22 heavy (non-hydrogen) atoms. The van der Waals surface area contributed by atoms with Gasteiger partial charge in [-0.2, -0.15) is 0 Å². The fraction of sp³-hybridized carbons (Fsp3) is 0.647. The van der Waals surface area contributed by atoms with Crippen LogP contribution in [0.3, 0.4) is 0 Å². The van der Waals surface area contributed by atoms with Gasteiger partial charge < -0.3 is 15.6 Å². The van der Waals surface area contributed by atoms with Gasteiger partial charge in [0.15, 0.2) is 0 Å². The summed E-state index contributed by atoms with van der Waals surface area (Å²) in [7, 11) is 0. The lowest BCUT2D eigenvalue weighted by atomic mass is 9.73. The summed E-state index contributed by atoms with van der Waals surface area (Å²) in [6, 6.07) is 1.68. The van der Waals surface area contributed by atoms with Gasteiger partial charge in [-0.1, -0.05) is 0 Å². The van der Waals surface area contributed by atoms with E-state index in [0.717, 1.165) is 62.7 Å². The molecule has 1 unspecified atom stereocenters. The molecule has 2 aliphatic carbocycles. The highest BCUT2D eigenvalue weighted by molar-refractivity contribution is 5.96. The molecule has 5 heteroatoms. The normalized spacial score (nSPS) is 25.5. The van der Waals surface area contributed by atoms with Crippen molar-refractivity contribution in [2.45, 2.75) is 62.9 Å². The molecule has 0 aromatic carbocycles. The Morgan fingerprint density at radius 2 is 2.05 bits per heavy atom. The third kappa shape index (κ3) is 2.19. The van der Waals surface area contributed by atoms with E-state index in [0.29, 0.717) is 5.56 Å². The molecule has 1 saturated heterocycles. The van der Waals surface area contributed by atoms with E-state index in [-0.39, 0.29) is 23.0 Å². The number of aryl methyl sites for hydroxylation is 1. The average Bonchev–Trinajstić information content (AvgIpc) is 2.90. The first-order valence-electron chi connectivity index (χ1n) is 8.49. The molecule has 1 aromatic heterocycles. The number of H-pyrrole nitrogens is 1. The number of nitrogens with one attached hydrogen (secondary N) is 3. The summed E-state index contributed by atoms with van der Waals surface area (Å²) in [6.45, 7) is 0.971. The van der Waals surface area contributed by atoms with Gasteiger partial charge in [-0.3, -0.25) is 9.59 Å². The number of aromatic nitrogens is 1. The highest BCUT2D eigenvalue weighted by Gasteiger charge is 2.47. The molecule has 2 heterocycles. The molecule has 1 saturated carbocycles. The summed E-state index contributed by atoms with van der Waals surface area (Å²) in [5.41, 5.74) is 2.58. The number of carbonyl (C=O) groups excluding carboxylic acids is 1. The molecule has 3 N–H and O–H groups in total. The Morgan fingerprint density at radius 1 is 1.23 bits per heavy atom. The molecule has 1 aromatic rings. The van der Waals surface area contributed by atoms with Crippen molar-refractivity contribution in [2.24, 2.45) is 0 Å². The number of hydrogen-bond donors (Lipinski definition) is 3. The SMILES string of the molecule is O=C(NC1CCNC12CCC2)c1cc(=O)[nH]c2c1CCCC2. The zero-order valence-electron chi connectivity index (χ0n) is 12.8. The fourth-order valence-corrected chi connectivity index (χ4v) is 4.34. The maximum atomic E-state index is 12.8. The summed E-state index contributed by atoms with van der Waals surface area (Å²) >= 11 is 0. The van der Waals surface area contributed by atoms with Gasteiger partial charge in [0, 0.05) is 28.9 Å². The molecular formula is C17H23N3O2. The van der Waals surface area contributed by atoms with Crippen molar-refractivity contribution in [1.29, 1.82) is 0 Å². The van der Waals surface area contributed by atoms with Crippen LogP contribution >= 0.6 is 0 Å².